The van der Waals surface area contributed by atoms with Crippen molar-refractivity contribution in [1.82, 2.24) is 9.47 Å². The van der Waals surface area contributed by atoms with Crippen LogP contribution in [0.3, 0.4) is 0 Å². The second-order valence-electron chi connectivity index (χ2n) is 7.14. The van der Waals surface area contributed by atoms with E-state index in [1.54, 1.807) is 6.07 Å². The molecule has 0 fully saturated rings. The Morgan fingerprint density at radius 3 is 2.71 bits per heavy atom. The van der Waals surface area contributed by atoms with Crippen molar-refractivity contribution in [2.45, 2.75) is 32.9 Å². The average molecular weight is 394 g/mol. The third-order valence-electron chi connectivity index (χ3n) is 5.47. The van der Waals surface area contributed by atoms with Gasteiger partial charge in [-0.05, 0) is 54.9 Å². The van der Waals surface area contributed by atoms with Crippen molar-refractivity contribution in [3.63, 3.8) is 0 Å². The summed E-state index contributed by atoms with van der Waals surface area (Å²) >= 11 is 5.83. The van der Waals surface area contributed by atoms with Crippen LogP contribution in [0, 0.1) is 12.7 Å². The first kappa shape index (κ1) is 18.7. The molecule has 3 aromatic rings. The van der Waals surface area contributed by atoms with Crippen LogP contribution in [0.1, 0.15) is 35.3 Å². The fraction of sp³-hybridized carbons (Fsp3) is 0.261. The van der Waals surface area contributed by atoms with Gasteiger partial charge in [-0.25, -0.2) is 4.39 Å². The molecular weight excluding hydrogens is 369 g/mol. The summed E-state index contributed by atoms with van der Waals surface area (Å²) in [6.45, 7) is 5.77. The number of nitrogens with zero attached hydrogens (tertiary/aromatic N) is 2. The van der Waals surface area contributed by atoms with Crippen LogP contribution in [0.2, 0.25) is 0 Å². The van der Waals surface area contributed by atoms with Crippen molar-refractivity contribution in [2.24, 2.45) is 0 Å². The summed E-state index contributed by atoms with van der Waals surface area (Å²) in [7, 11) is 0. The van der Waals surface area contributed by atoms with Crippen LogP contribution in [0.15, 0.2) is 60.8 Å². The van der Waals surface area contributed by atoms with Crippen LogP contribution in [-0.2, 0) is 13.0 Å². The Morgan fingerprint density at radius 2 is 1.93 bits per heavy atom. The molecule has 0 radical (unpaired) electrons. The smallest absolute Gasteiger partial charge is 0.174 e. The minimum Gasteiger partial charge on any atom is -0.348 e. The van der Waals surface area contributed by atoms with Crippen molar-refractivity contribution in [3.8, 4) is 0 Å². The number of aryl methyl sites for hydroxylation is 2. The van der Waals surface area contributed by atoms with Gasteiger partial charge < -0.3 is 14.8 Å². The molecule has 0 saturated carbocycles. The van der Waals surface area contributed by atoms with Gasteiger partial charge in [0.2, 0.25) is 0 Å². The number of hydrogen-bond acceptors (Lipinski definition) is 1. The molecule has 0 amide bonds. The lowest BCUT2D eigenvalue weighted by atomic mass is 9.99. The predicted octanol–water partition coefficient (Wildman–Crippen LogP) is 5.30. The molecule has 0 unspecified atom stereocenters. The lowest BCUT2D eigenvalue weighted by molar-refractivity contribution is 0.288. The van der Waals surface area contributed by atoms with E-state index in [0.717, 1.165) is 36.5 Å². The van der Waals surface area contributed by atoms with Crippen molar-refractivity contribution in [2.75, 3.05) is 11.9 Å². The molecule has 4 rings (SSSR count). The molecular formula is C23H24FN3S. The molecule has 2 aromatic carbocycles. The Kier molecular flexibility index (Phi) is 5.18. The number of halogens is 1. The highest BCUT2D eigenvalue weighted by Crippen LogP contribution is 2.34. The van der Waals surface area contributed by atoms with E-state index in [9.17, 15) is 4.39 Å². The minimum absolute atomic E-state index is 0.208. The van der Waals surface area contributed by atoms with Crippen molar-refractivity contribution >= 4 is 23.0 Å². The number of hydrogen-bond donors (Lipinski definition) is 1. The quantitative estimate of drug-likeness (QED) is 0.610. The van der Waals surface area contributed by atoms with Crippen molar-refractivity contribution in [1.29, 1.82) is 0 Å². The van der Waals surface area contributed by atoms with Gasteiger partial charge in [0.25, 0.3) is 0 Å². The van der Waals surface area contributed by atoms with Gasteiger partial charge >= 0.3 is 0 Å². The highest BCUT2D eigenvalue weighted by atomic mass is 32.1. The topological polar surface area (TPSA) is 20.2 Å². The Hall–Kier alpha value is -2.66. The maximum absolute atomic E-state index is 14.7. The number of aromatic nitrogens is 1. The van der Waals surface area contributed by atoms with Crippen molar-refractivity contribution < 1.29 is 4.39 Å². The zero-order valence-electron chi connectivity index (χ0n) is 16.2. The fourth-order valence-electron chi connectivity index (χ4n) is 4.01. The van der Waals surface area contributed by atoms with Gasteiger partial charge in [-0.15, -0.1) is 0 Å². The summed E-state index contributed by atoms with van der Waals surface area (Å²) in [5.74, 6) is -0.208. The van der Waals surface area contributed by atoms with Crippen LogP contribution < -0.4 is 5.32 Å². The van der Waals surface area contributed by atoms with E-state index in [4.69, 9.17) is 12.2 Å². The Labute approximate surface area is 170 Å². The second-order valence-corrected chi connectivity index (χ2v) is 7.52. The first-order valence-corrected chi connectivity index (χ1v) is 10.1. The lowest BCUT2D eigenvalue weighted by Gasteiger charge is -2.39. The number of anilines is 1. The molecule has 0 bridgehead atoms. The Balaban J connectivity index is 1.72. The number of thiocarbonyl (C=S) groups is 1. The standard InChI is InChI=1S/C23H24FN3S/c1-3-17-9-6-8-16(2)21(17)25-23(28)27-15-14-26-13-7-12-20(26)22(27)18-10-4-5-11-19(18)24/h4-13,22H,3,14-15H2,1-2H3,(H,25,28)/t22-/m0/s1. The summed E-state index contributed by atoms with van der Waals surface area (Å²) in [5, 5.41) is 4.10. The van der Waals surface area contributed by atoms with E-state index >= 15 is 0 Å². The first-order chi connectivity index (χ1) is 13.6. The normalized spacial score (nSPS) is 16.0. The molecule has 1 aromatic heterocycles. The molecule has 2 heterocycles. The van der Waals surface area contributed by atoms with Crippen LogP contribution in [0.25, 0.3) is 0 Å². The highest BCUT2D eigenvalue weighted by molar-refractivity contribution is 7.80. The lowest BCUT2D eigenvalue weighted by Crippen LogP contribution is -2.44. The summed E-state index contributed by atoms with van der Waals surface area (Å²) in [4.78, 5) is 2.11. The highest BCUT2D eigenvalue weighted by Gasteiger charge is 2.32. The molecule has 1 N–H and O–H groups in total. The molecule has 1 atom stereocenters. The van der Waals surface area contributed by atoms with Gasteiger partial charge in [-0.3, -0.25) is 0 Å². The van der Waals surface area contributed by atoms with E-state index in [1.165, 1.54) is 11.6 Å². The molecule has 28 heavy (non-hydrogen) atoms. The fourth-order valence-corrected chi connectivity index (χ4v) is 4.31. The van der Waals surface area contributed by atoms with Gasteiger partial charge in [0, 0.05) is 36.2 Å². The summed E-state index contributed by atoms with van der Waals surface area (Å²) < 4.78 is 16.9. The zero-order chi connectivity index (χ0) is 19.7. The molecule has 1 aliphatic rings. The number of rotatable bonds is 3. The van der Waals surface area contributed by atoms with Gasteiger partial charge in [0.15, 0.2) is 5.11 Å². The molecule has 0 saturated heterocycles. The Morgan fingerprint density at radius 1 is 1.11 bits per heavy atom. The van der Waals surface area contributed by atoms with Gasteiger partial charge in [0.1, 0.15) is 5.82 Å². The van der Waals surface area contributed by atoms with E-state index in [2.05, 4.69) is 52.9 Å². The summed E-state index contributed by atoms with van der Waals surface area (Å²) in [6.07, 6.45) is 2.97. The minimum atomic E-state index is -0.251. The Bertz CT molecular complexity index is 1010. The largest absolute Gasteiger partial charge is 0.348 e. The monoisotopic (exact) mass is 393 g/mol. The maximum atomic E-state index is 14.7. The van der Waals surface area contributed by atoms with E-state index in [-0.39, 0.29) is 11.9 Å². The first-order valence-electron chi connectivity index (χ1n) is 9.65. The van der Waals surface area contributed by atoms with Crippen LogP contribution >= 0.6 is 12.2 Å². The molecule has 0 spiro atoms. The molecule has 1 aliphatic heterocycles. The molecule has 5 heteroatoms. The van der Waals surface area contributed by atoms with Crippen LogP contribution in [0.4, 0.5) is 10.1 Å². The van der Waals surface area contributed by atoms with Gasteiger partial charge in [-0.1, -0.05) is 43.3 Å². The van der Waals surface area contributed by atoms with E-state index in [0.29, 0.717) is 10.7 Å². The maximum Gasteiger partial charge on any atom is 0.174 e. The summed E-state index contributed by atoms with van der Waals surface area (Å²) in [5.41, 5.74) is 5.14. The van der Waals surface area contributed by atoms with Gasteiger partial charge in [0.05, 0.1) is 6.04 Å². The van der Waals surface area contributed by atoms with E-state index < -0.39 is 0 Å². The second kappa shape index (κ2) is 7.76. The van der Waals surface area contributed by atoms with Crippen LogP contribution in [0.5, 0.6) is 0 Å². The average Bonchev–Trinajstić information content (AvgIpc) is 3.18. The molecule has 0 aliphatic carbocycles. The number of fused-ring (bicyclic) bond motifs is 1. The predicted molar refractivity (Wildman–Crippen MR) is 116 cm³/mol. The number of benzene rings is 2. The number of para-hydroxylation sites is 1. The van der Waals surface area contributed by atoms with Crippen molar-refractivity contribution in [3.05, 3.63) is 89.0 Å². The van der Waals surface area contributed by atoms with E-state index in [1.807, 2.05) is 24.4 Å². The van der Waals surface area contributed by atoms with Crippen LogP contribution in [-0.4, -0.2) is 21.1 Å². The third kappa shape index (κ3) is 3.31. The zero-order valence-corrected chi connectivity index (χ0v) is 17.0. The molecule has 3 nitrogen and oxygen atoms in total. The number of nitrogens with one attached hydrogen (secondary N) is 1. The SMILES string of the molecule is CCc1cccc(C)c1NC(=S)N1CCn2cccc2[C@@H]1c1ccccc1F. The third-order valence-corrected chi connectivity index (χ3v) is 5.81. The van der Waals surface area contributed by atoms with Gasteiger partial charge in [-0.2, -0.15) is 0 Å². The molecule has 144 valence electrons. The summed E-state index contributed by atoms with van der Waals surface area (Å²) in [6, 6.07) is 17.1.